The van der Waals surface area contributed by atoms with Crippen molar-refractivity contribution in [1.82, 2.24) is 19.6 Å². The lowest BCUT2D eigenvalue weighted by Crippen LogP contribution is -2.53. The van der Waals surface area contributed by atoms with Gasteiger partial charge in [-0.2, -0.15) is 5.10 Å². The van der Waals surface area contributed by atoms with Crippen LogP contribution < -0.4 is 9.64 Å². The first kappa shape index (κ1) is 33.6. The molecule has 50 heavy (non-hydrogen) atoms. The highest BCUT2D eigenvalue weighted by molar-refractivity contribution is 5.99. The molecule has 0 radical (unpaired) electrons. The number of nitrogens with zero attached hydrogens (tertiary/aromatic N) is 5. The van der Waals surface area contributed by atoms with E-state index in [2.05, 4.69) is 39.7 Å². The molecule has 2 saturated heterocycles. The molecule has 3 saturated carbocycles. The fraction of sp³-hybridized carbons (Fsp3) is 0.700. The molecule has 1 aromatic carbocycles. The zero-order valence-electron chi connectivity index (χ0n) is 30.5. The van der Waals surface area contributed by atoms with Gasteiger partial charge in [0.15, 0.2) is 0 Å². The third kappa shape index (κ3) is 6.52. The number of hydrogen-bond donors (Lipinski definition) is 0. The van der Waals surface area contributed by atoms with Gasteiger partial charge in [-0.15, -0.1) is 0 Å². The Labute approximate surface area is 296 Å². The van der Waals surface area contributed by atoms with Crippen molar-refractivity contribution >= 4 is 23.6 Å². The molecule has 4 heterocycles. The van der Waals surface area contributed by atoms with E-state index in [1.54, 1.807) is 0 Å². The van der Waals surface area contributed by atoms with Crippen LogP contribution in [0.2, 0.25) is 0 Å². The van der Waals surface area contributed by atoms with Gasteiger partial charge in [0.1, 0.15) is 11.4 Å². The molecule has 1 spiro atoms. The highest BCUT2D eigenvalue weighted by atomic mass is 16.6. The quantitative estimate of drug-likeness (QED) is 0.321. The second kappa shape index (κ2) is 12.9. The van der Waals surface area contributed by atoms with E-state index in [-0.39, 0.29) is 47.4 Å². The molecule has 0 unspecified atom stereocenters. The van der Waals surface area contributed by atoms with Gasteiger partial charge in [0.25, 0.3) is 0 Å². The molecule has 0 bridgehead atoms. The van der Waals surface area contributed by atoms with Crippen molar-refractivity contribution in [2.45, 2.75) is 135 Å². The number of amides is 3. The van der Waals surface area contributed by atoms with Gasteiger partial charge in [0, 0.05) is 66.9 Å². The van der Waals surface area contributed by atoms with Crippen LogP contribution in [-0.2, 0) is 20.7 Å². The lowest BCUT2D eigenvalue weighted by atomic mass is 9.57. The number of rotatable bonds is 6. The summed E-state index contributed by atoms with van der Waals surface area (Å²) in [5.41, 5.74) is 4.04. The topological polar surface area (TPSA) is 97.2 Å². The Morgan fingerprint density at radius 1 is 0.860 bits per heavy atom. The summed E-state index contributed by atoms with van der Waals surface area (Å²) >= 11 is 0. The van der Waals surface area contributed by atoms with Crippen LogP contribution >= 0.6 is 0 Å². The summed E-state index contributed by atoms with van der Waals surface area (Å²) in [4.78, 5) is 45.4. The number of fused-ring (bicyclic) bond motifs is 1. The van der Waals surface area contributed by atoms with Crippen molar-refractivity contribution in [2.75, 3.05) is 31.1 Å². The maximum atomic E-state index is 13.5. The SMILES string of the molecule is C[C@H]1CCc2c(ccc(-c3cnn(C4CCN(C(=O)C5CC6(CCN(C(=O)OC(C)(C)C)CC6)C5)CC4)c3)c2OC2CCC2)N1C(=O)C1CC1. The lowest BCUT2D eigenvalue weighted by molar-refractivity contribution is -0.147. The summed E-state index contributed by atoms with van der Waals surface area (Å²) in [5, 5.41) is 4.85. The Morgan fingerprint density at radius 3 is 2.22 bits per heavy atom. The van der Waals surface area contributed by atoms with Crippen LogP contribution in [0.4, 0.5) is 10.5 Å². The maximum absolute atomic E-state index is 13.5. The molecule has 8 rings (SSSR count). The zero-order chi connectivity index (χ0) is 34.8. The van der Waals surface area contributed by atoms with E-state index in [9.17, 15) is 14.4 Å². The van der Waals surface area contributed by atoms with E-state index in [1.165, 1.54) is 12.0 Å². The molecule has 1 atom stereocenters. The van der Waals surface area contributed by atoms with Gasteiger partial charge in [0.05, 0.1) is 24.0 Å². The first-order valence-corrected chi connectivity index (χ1v) is 19.4. The van der Waals surface area contributed by atoms with Crippen LogP contribution in [0.3, 0.4) is 0 Å². The van der Waals surface area contributed by atoms with E-state index in [0.717, 1.165) is 113 Å². The van der Waals surface area contributed by atoms with Crippen molar-refractivity contribution in [2.24, 2.45) is 17.3 Å². The average molecular weight is 686 g/mol. The van der Waals surface area contributed by atoms with Crippen LogP contribution in [-0.4, -0.2) is 81.4 Å². The van der Waals surface area contributed by atoms with E-state index >= 15 is 0 Å². The Morgan fingerprint density at radius 2 is 1.58 bits per heavy atom. The summed E-state index contributed by atoms with van der Waals surface area (Å²) in [5.74, 6) is 1.81. The van der Waals surface area contributed by atoms with Crippen molar-refractivity contribution in [3.63, 3.8) is 0 Å². The molecule has 6 aliphatic rings. The number of carbonyl (C=O) groups is 3. The molecule has 5 fully saturated rings. The first-order chi connectivity index (χ1) is 24.0. The second-order valence-corrected chi connectivity index (χ2v) is 17.3. The predicted octanol–water partition coefficient (Wildman–Crippen LogP) is 7.15. The van der Waals surface area contributed by atoms with E-state index in [0.29, 0.717) is 19.0 Å². The third-order valence-electron chi connectivity index (χ3n) is 12.5. The van der Waals surface area contributed by atoms with Gasteiger partial charge in [-0.25, -0.2) is 4.79 Å². The molecule has 3 aliphatic heterocycles. The minimum atomic E-state index is -0.484. The molecule has 3 amide bonds. The minimum absolute atomic E-state index is 0.104. The number of hydrogen-bond acceptors (Lipinski definition) is 6. The Kier molecular flexibility index (Phi) is 8.66. The normalized spacial score (nSPS) is 24.4. The summed E-state index contributed by atoms with van der Waals surface area (Å²) in [6.07, 6.45) is 16.9. The van der Waals surface area contributed by atoms with Crippen LogP contribution in [0.5, 0.6) is 5.75 Å². The minimum Gasteiger partial charge on any atom is -0.489 e. The molecule has 3 aliphatic carbocycles. The number of carbonyl (C=O) groups excluding carboxylic acids is 3. The summed E-state index contributed by atoms with van der Waals surface area (Å²) < 4.78 is 14.4. The molecule has 10 heteroatoms. The molecule has 0 N–H and O–H groups in total. The summed E-state index contributed by atoms with van der Waals surface area (Å²) in [6, 6.07) is 4.74. The third-order valence-corrected chi connectivity index (χ3v) is 12.5. The lowest BCUT2D eigenvalue weighted by Gasteiger charge is -2.52. The Hall–Kier alpha value is -3.56. The van der Waals surface area contributed by atoms with Crippen LogP contribution in [0.15, 0.2) is 24.5 Å². The van der Waals surface area contributed by atoms with Crippen molar-refractivity contribution in [3.8, 4) is 16.9 Å². The zero-order valence-corrected chi connectivity index (χ0v) is 30.5. The van der Waals surface area contributed by atoms with E-state index in [1.807, 2.05) is 31.9 Å². The monoisotopic (exact) mass is 685 g/mol. The fourth-order valence-electron chi connectivity index (χ4n) is 9.03. The summed E-state index contributed by atoms with van der Waals surface area (Å²) in [7, 11) is 0. The van der Waals surface area contributed by atoms with Gasteiger partial charge in [-0.3, -0.25) is 14.3 Å². The number of aromatic nitrogens is 2. The van der Waals surface area contributed by atoms with E-state index in [4.69, 9.17) is 14.6 Å². The van der Waals surface area contributed by atoms with Gasteiger partial charge in [-0.1, -0.05) is 0 Å². The largest absolute Gasteiger partial charge is 0.489 e. The number of anilines is 1. The van der Waals surface area contributed by atoms with Gasteiger partial charge in [0.2, 0.25) is 11.8 Å². The van der Waals surface area contributed by atoms with Crippen LogP contribution in [0.1, 0.15) is 116 Å². The van der Waals surface area contributed by atoms with Crippen LogP contribution in [0, 0.1) is 17.3 Å². The Bertz CT molecular complexity index is 1610. The van der Waals surface area contributed by atoms with Gasteiger partial charge in [-0.05, 0) is 129 Å². The first-order valence-electron chi connectivity index (χ1n) is 19.4. The number of likely N-dealkylation sites (tertiary alicyclic amines) is 2. The Balaban J connectivity index is 0.890. The molecular weight excluding hydrogens is 630 g/mol. The highest BCUT2D eigenvalue weighted by Crippen LogP contribution is 2.53. The maximum Gasteiger partial charge on any atom is 0.410 e. The molecule has 2 aromatic rings. The number of benzene rings is 1. The van der Waals surface area contributed by atoms with Gasteiger partial charge < -0.3 is 24.2 Å². The molecule has 270 valence electrons. The molecular formula is C40H55N5O5. The summed E-state index contributed by atoms with van der Waals surface area (Å²) in [6.45, 7) is 10.8. The van der Waals surface area contributed by atoms with Crippen molar-refractivity contribution < 1.29 is 23.9 Å². The highest BCUT2D eigenvalue weighted by Gasteiger charge is 2.50. The fourth-order valence-corrected chi connectivity index (χ4v) is 9.03. The van der Waals surface area contributed by atoms with Gasteiger partial charge >= 0.3 is 6.09 Å². The van der Waals surface area contributed by atoms with E-state index < -0.39 is 5.60 Å². The molecule has 10 nitrogen and oxygen atoms in total. The standard InChI is InChI=1S/C40H55N5O5/c1-26-8-11-33-34(45(26)37(47)27-9-10-27)13-12-32(35(33)49-31-6-5-7-31)29-24-41-44(25-29)30-14-18-42(19-15-30)36(46)28-22-40(23-28)16-20-43(21-17-40)38(48)50-39(2,3)4/h12-13,24-28,30-31H,5-11,14-23H2,1-4H3/t26-/m0/s1. The van der Waals surface area contributed by atoms with Crippen LogP contribution in [0.25, 0.3) is 11.1 Å². The number of piperidine rings is 2. The molecule has 1 aromatic heterocycles. The smallest absolute Gasteiger partial charge is 0.410 e. The van der Waals surface area contributed by atoms with Crippen molar-refractivity contribution in [1.29, 1.82) is 0 Å². The predicted molar refractivity (Wildman–Crippen MR) is 191 cm³/mol. The average Bonchev–Trinajstić information content (AvgIpc) is 3.80. The van der Waals surface area contributed by atoms with Crippen molar-refractivity contribution in [3.05, 3.63) is 30.1 Å². The second-order valence-electron chi connectivity index (χ2n) is 17.3. The number of ether oxygens (including phenoxy) is 2.